The summed E-state index contributed by atoms with van der Waals surface area (Å²) < 4.78 is 0. The highest BCUT2D eigenvalue weighted by atomic mass is 16.3. The van der Waals surface area contributed by atoms with Crippen molar-refractivity contribution in [1.29, 1.82) is 0 Å². The average Bonchev–Trinajstić information content (AvgIpc) is 2.39. The normalized spacial score (nSPS) is 14.2. The zero-order valence-corrected chi connectivity index (χ0v) is 6.16. The largest absolute Gasteiger partial charge is 0.504 e. The van der Waals surface area contributed by atoms with E-state index in [1.54, 1.807) is 6.07 Å². The van der Waals surface area contributed by atoms with Crippen molar-refractivity contribution in [2.45, 2.75) is 6.42 Å². The minimum absolute atomic E-state index is 0.134. The molecule has 1 aromatic rings. The van der Waals surface area contributed by atoms with Gasteiger partial charge >= 0.3 is 0 Å². The van der Waals surface area contributed by atoms with E-state index in [0.717, 1.165) is 0 Å². The molecule has 0 bridgehead atoms. The summed E-state index contributed by atoms with van der Waals surface area (Å²) in [5, 5.41) is 20.9. The Labute approximate surface area is 68.5 Å². The van der Waals surface area contributed by atoms with Crippen molar-refractivity contribution in [3.8, 4) is 11.5 Å². The highest BCUT2D eigenvalue weighted by Crippen LogP contribution is 2.37. The topological polar surface area (TPSA) is 69.6 Å². The SMILES string of the molecule is O=C1Cc2c(ccc(O)c2O)N1. The molecule has 4 nitrogen and oxygen atoms in total. The Bertz CT molecular complexity index is 360. The molecule has 12 heavy (non-hydrogen) atoms. The summed E-state index contributed by atoms with van der Waals surface area (Å²) >= 11 is 0. The fourth-order valence-electron chi connectivity index (χ4n) is 1.27. The van der Waals surface area contributed by atoms with Crippen LogP contribution in [-0.4, -0.2) is 16.1 Å². The van der Waals surface area contributed by atoms with Crippen LogP contribution in [0.2, 0.25) is 0 Å². The third-order valence-electron chi connectivity index (χ3n) is 1.87. The van der Waals surface area contributed by atoms with Crippen LogP contribution in [0.4, 0.5) is 5.69 Å². The van der Waals surface area contributed by atoms with Gasteiger partial charge in [-0.25, -0.2) is 0 Å². The van der Waals surface area contributed by atoms with Crippen molar-refractivity contribution in [3.63, 3.8) is 0 Å². The van der Waals surface area contributed by atoms with E-state index in [4.69, 9.17) is 5.11 Å². The van der Waals surface area contributed by atoms with Crippen LogP contribution in [0.15, 0.2) is 12.1 Å². The van der Waals surface area contributed by atoms with E-state index in [9.17, 15) is 9.90 Å². The summed E-state index contributed by atoms with van der Waals surface area (Å²) in [7, 11) is 0. The molecule has 2 rings (SSSR count). The number of fused-ring (bicyclic) bond motifs is 1. The van der Waals surface area contributed by atoms with Gasteiger partial charge in [-0.3, -0.25) is 4.79 Å². The maximum atomic E-state index is 10.9. The van der Waals surface area contributed by atoms with Gasteiger partial charge in [-0.15, -0.1) is 0 Å². The molecular formula is C8H7NO3. The van der Waals surface area contributed by atoms with Gasteiger partial charge in [0.25, 0.3) is 0 Å². The van der Waals surface area contributed by atoms with Crippen molar-refractivity contribution < 1.29 is 15.0 Å². The lowest BCUT2D eigenvalue weighted by Crippen LogP contribution is -2.03. The average molecular weight is 165 g/mol. The molecule has 0 unspecified atom stereocenters. The first-order valence-corrected chi connectivity index (χ1v) is 3.52. The zero-order chi connectivity index (χ0) is 8.72. The number of aromatic hydroxyl groups is 2. The molecule has 0 saturated heterocycles. The van der Waals surface area contributed by atoms with Gasteiger partial charge in [0.15, 0.2) is 11.5 Å². The number of hydrogen-bond donors (Lipinski definition) is 3. The number of carbonyl (C=O) groups excluding carboxylic acids is 1. The highest BCUT2D eigenvalue weighted by Gasteiger charge is 2.22. The molecule has 4 heteroatoms. The highest BCUT2D eigenvalue weighted by molar-refractivity contribution is 6.00. The van der Waals surface area contributed by atoms with E-state index in [0.29, 0.717) is 11.3 Å². The first kappa shape index (κ1) is 6.97. The van der Waals surface area contributed by atoms with Crippen molar-refractivity contribution in [2.75, 3.05) is 5.32 Å². The number of carbonyl (C=O) groups is 1. The predicted octanol–water partition coefficient (Wildman–Crippen LogP) is 0.592. The molecule has 62 valence electrons. The van der Waals surface area contributed by atoms with Crippen LogP contribution in [0.5, 0.6) is 11.5 Å². The third-order valence-corrected chi connectivity index (χ3v) is 1.87. The van der Waals surface area contributed by atoms with Gasteiger partial charge < -0.3 is 15.5 Å². The molecule has 0 fully saturated rings. The van der Waals surface area contributed by atoms with Crippen LogP contribution < -0.4 is 5.32 Å². The maximum Gasteiger partial charge on any atom is 0.229 e. The molecule has 1 heterocycles. The van der Waals surface area contributed by atoms with Gasteiger partial charge in [0.05, 0.1) is 6.42 Å². The van der Waals surface area contributed by atoms with Gasteiger partial charge in [0.1, 0.15) is 0 Å². The van der Waals surface area contributed by atoms with Crippen LogP contribution in [0, 0.1) is 0 Å². The molecule has 0 radical (unpaired) electrons. The van der Waals surface area contributed by atoms with E-state index >= 15 is 0 Å². The lowest BCUT2D eigenvalue weighted by Gasteiger charge is -2.01. The minimum atomic E-state index is -0.203. The first-order valence-electron chi connectivity index (χ1n) is 3.52. The Morgan fingerprint density at radius 3 is 2.83 bits per heavy atom. The second-order valence-corrected chi connectivity index (χ2v) is 2.68. The molecule has 0 aliphatic carbocycles. The van der Waals surface area contributed by atoms with Gasteiger partial charge in [0, 0.05) is 11.3 Å². The van der Waals surface area contributed by atoms with Crippen LogP contribution in [0.1, 0.15) is 5.56 Å². The van der Waals surface area contributed by atoms with Crippen molar-refractivity contribution in [2.24, 2.45) is 0 Å². The Morgan fingerprint density at radius 1 is 1.33 bits per heavy atom. The molecule has 0 aromatic heterocycles. The van der Waals surface area contributed by atoms with Gasteiger partial charge in [-0.05, 0) is 12.1 Å². The Kier molecular flexibility index (Phi) is 1.24. The molecule has 0 atom stereocenters. The standard InChI is InChI=1S/C8H7NO3/c10-6-2-1-5-4(8(6)12)3-7(11)9-5/h1-2,10,12H,3H2,(H,9,11). The van der Waals surface area contributed by atoms with E-state index in [-0.39, 0.29) is 23.8 Å². The van der Waals surface area contributed by atoms with E-state index < -0.39 is 0 Å². The number of phenolic OH excluding ortho intramolecular Hbond substituents is 2. The Balaban J connectivity index is 2.61. The molecular weight excluding hydrogens is 158 g/mol. The van der Waals surface area contributed by atoms with Crippen molar-refractivity contribution in [3.05, 3.63) is 17.7 Å². The third kappa shape index (κ3) is 0.812. The molecule has 0 spiro atoms. The van der Waals surface area contributed by atoms with Crippen molar-refractivity contribution in [1.82, 2.24) is 0 Å². The number of phenols is 2. The lowest BCUT2D eigenvalue weighted by atomic mass is 10.1. The smallest absolute Gasteiger partial charge is 0.229 e. The molecule has 1 amide bonds. The molecule has 3 N–H and O–H groups in total. The van der Waals surface area contributed by atoms with Gasteiger partial charge in [-0.2, -0.15) is 0 Å². The second-order valence-electron chi connectivity index (χ2n) is 2.68. The number of benzene rings is 1. The second kappa shape index (κ2) is 2.14. The van der Waals surface area contributed by atoms with E-state index in [1.165, 1.54) is 6.07 Å². The van der Waals surface area contributed by atoms with Crippen LogP contribution >= 0.6 is 0 Å². The first-order chi connectivity index (χ1) is 5.68. The lowest BCUT2D eigenvalue weighted by molar-refractivity contribution is -0.115. The number of hydrogen-bond acceptors (Lipinski definition) is 3. The fourth-order valence-corrected chi connectivity index (χ4v) is 1.27. The summed E-state index contributed by atoms with van der Waals surface area (Å²) in [4.78, 5) is 10.9. The number of nitrogens with one attached hydrogen (secondary N) is 1. The summed E-state index contributed by atoms with van der Waals surface area (Å²) in [5.41, 5.74) is 1.05. The summed E-state index contributed by atoms with van der Waals surface area (Å²) in [6.07, 6.45) is 0.134. The summed E-state index contributed by atoms with van der Waals surface area (Å²) in [5.74, 6) is -0.554. The van der Waals surface area contributed by atoms with Crippen LogP contribution in [0.25, 0.3) is 0 Å². The molecule has 0 saturated carbocycles. The number of rotatable bonds is 0. The Morgan fingerprint density at radius 2 is 2.08 bits per heavy atom. The number of amides is 1. The van der Waals surface area contributed by atoms with Crippen LogP contribution in [0.3, 0.4) is 0 Å². The molecule has 1 aliphatic rings. The minimum Gasteiger partial charge on any atom is -0.504 e. The maximum absolute atomic E-state index is 10.9. The zero-order valence-electron chi connectivity index (χ0n) is 6.16. The van der Waals surface area contributed by atoms with Crippen LogP contribution in [-0.2, 0) is 11.2 Å². The number of anilines is 1. The monoisotopic (exact) mass is 165 g/mol. The Hall–Kier alpha value is -1.71. The fraction of sp³-hybridized carbons (Fsp3) is 0.125. The van der Waals surface area contributed by atoms with Crippen molar-refractivity contribution >= 4 is 11.6 Å². The quantitative estimate of drug-likeness (QED) is 0.389. The van der Waals surface area contributed by atoms with E-state index in [1.807, 2.05) is 0 Å². The summed E-state index contributed by atoms with van der Waals surface area (Å²) in [6, 6.07) is 2.91. The molecule has 1 aromatic carbocycles. The van der Waals surface area contributed by atoms with Gasteiger partial charge in [-0.1, -0.05) is 0 Å². The molecule has 1 aliphatic heterocycles. The van der Waals surface area contributed by atoms with Gasteiger partial charge in [0.2, 0.25) is 5.91 Å². The predicted molar refractivity (Wildman–Crippen MR) is 42.1 cm³/mol. The summed E-state index contributed by atoms with van der Waals surface area (Å²) in [6.45, 7) is 0. The van der Waals surface area contributed by atoms with E-state index in [2.05, 4.69) is 5.32 Å².